The number of aromatic nitrogens is 4. The van der Waals surface area contributed by atoms with Crippen molar-refractivity contribution in [2.45, 2.75) is 49.9 Å². The molecule has 2 fully saturated rings. The zero-order valence-corrected chi connectivity index (χ0v) is 31.7. The van der Waals surface area contributed by atoms with Crippen molar-refractivity contribution in [3.05, 3.63) is 144 Å². The van der Waals surface area contributed by atoms with E-state index in [0.717, 1.165) is 23.2 Å². The molecule has 15 heteroatoms. The monoisotopic (exact) mass is 796 g/mol. The normalized spacial score (nSPS) is 17.4. The number of aromatic amines is 2. The van der Waals surface area contributed by atoms with Gasteiger partial charge in [0.15, 0.2) is 0 Å². The van der Waals surface area contributed by atoms with Gasteiger partial charge in [-0.25, -0.2) is 23.9 Å². The van der Waals surface area contributed by atoms with Gasteiger partial charge in [-0.15, -0.1) is 0 Å². The number of hydrogen-bond acceptors (Lipinski definition) is 6. The Morgan fingerprint density at radius 3 is 1.58 bits per heavy atom. The minimum atomic E-state index is -1.31. The lowest BCUT2D eigenvalue weighted by Crippen LogP contribution is -2.42. The van der Waals surface area contributed by atoms with Gasteiger partial charge < -0.3 is 40.6 Å². The van der Waals surface area contributed by atoms with Crippen molar-refractivity contribution < 1.29 is 33.8 Å². The Kier molecular flexibility index (Phi) is 10.9. The molecule has 6 N–H and O–H groups in total. The van der Waals surface area contributed by atoms with Gasteiger partial charge in [0.05, 0.1) is 35.9 Å². The molecular weight excluding hydrogens is 756 g/mol. The van der Waals surface area contributed by atoms with Gasteiger partial charge in [0.2, 0.25) is 0 Å². The van der Waals surface area contributed by atoms with Crippen molar-refractivity contribution in [3.8, 4) is 33.6 Å². The quantitative estimate of drug-likeness (QED) is 0.0770. The fraction of sp³-hybridized carbons (Fsp3) is 0.227. The highest BCUT2D eigenvalue weighted by Crippen LogP contribution is 2.37. The first-order valence-electron chi connectivity index (χ1n) is 19.3. The van der Waals surface area contributed by atoms with Crippen LogP contribution in [0.3, 0.4) is 0 Å². The summed E-state index contributed by atoms with van der Waals surface area (Å²) in [7, 11) is 0. The third kappa shape index (κ3) is 8.12. The van der Waals surface area contributed by atoms with Crippen LogP contribution in [0.5, 0.6) is 0 Å². The van der Waals surface area contributed by atoms with Crippen LogP contribution < -0.4 is 10.6 Å². The lowest BCUT2D eigenvalue weighted by atomic mass is 10.0. The van der Waals surface area contributed by atoms with Crippen LogP contribution in [0.25, 0.3) is 33.6 Å². The van der Waals surface area contributed by atoms with Crippen LogP contribution in [0.4, 0.5) is 14.0 Å². The number of rotatable bonds is 11. The van der Waals surface area contributed by atoms with Crippen LogP contribution in [-0.2, 0) is 9.59 Å². The molecule has 4 aromatic carbocycles. The highest BCUT2D eigenvalue weighted by molar-refractivity contribution is 5.88. The average Bonchev–Trinajstić information content (AvgIpc) is 4.09. The molecule has 0 unspecified atom stereocenters. The van der Waals surface area contributed by atoms with E-state index in [0.29, 0.717) is 71.9 Å². The summed E-state index contributed by atoms with van der Waals surface area (Å²) in [5.74, 6) is -0.0850. The molecule has 14 nitrogen and oxygen atoms in total. The van der Waals surface area contributed by atoms with Gasteiger partial charge in [0.25, 0.3) is 11.8 Å². The average molecular weight is 797 g/mol. The molecule has 4 amide bonds. The number of carboxylic acid groups (broad SMARTS) is 2. The highest BCUT2D eigenvalue weighted by Gasteiger charge is 2.38. The molecule has 6 aromatic rings. The summed E-state index contributed by atoms with van der Waals surface area (Å²) < 4.78 is 15.8. The molecule has 0 aliphatic carbocycles. The van der Waals surface area contributed by atoms with Gasteiger partial charge in [0, 0.05) is 18.7 Å². The predicted molar refractivity (Wildman–Crippen MR) is 215 cm³/mol. The standard InChI is InChI=1S/C44H41FN8O6/c45-32-23-30(19-20-31(32)34-25-47-40(49-34)36-14-8-22-53(36)42(55)38(51-44(58)59)29-11-5-2-6-12-29)26-15-17-27(18-16-26)33-24-46-39(48-33)35-13-7-21-52(35)41(54)37(50-43(56)57)28-9-3-1-4-10-28/h1-6,9-12,15-20,23-25,35-38,50-51H,7-8,13-14,21-22H2,(H,46,48)(H,47,49)(H,56,57)(H,58,59)/t35-,36-,37+,38+/m0/s1. The topological polar surface area (TPSA) is 197 Å². The van der Waals surface area contributed by atoms with Crippen LogP contribution in [-0.4, -0.2) is 77.0 Å². The van der Waals surface area contributed by atoms with E-state index in [9.17, 15) is 29.4 Å². The number of hydrogen-bond donors (Lipinski definition) is 6. The molecule has 0 spiro atoms. The molecule has 0 saturated carbocycles. The molecule has 2 saturated heterocycles. The summed E-state index contributed by atoms with van der Waals surface area (Å²) in [5.41, 5.74) is 4.89. The smallest absolute Gasteiger partial charge is 0.405 e. The molecule has 4 heterocycles. The first kappa shape index (κ1) is 38.6. The van der Waals surface area contributed by atoms with Gasteiger partial charge in [0.1, 0.15) is 29.5 Å². The minimum Gasteiger partial charge on any atom is -0.465 e. The Labute approximate surface area is 338 Å². The SMILES string of the molecule is O=C(O)N[C@@H](C(=O)N1CCC[C@H]1c1ncc(-c2ccc(-c3ccc(-c4cnc([C@@H]5CCCN5C(=O)[C@H](NC(=O)O)c5ccccc5)[nH]4)c(F)c3)cc2)[nH]1)c1ccccc1. The van der Waals surface area contributed by atoms with E-state index in [2.05, 4.69) is 30.6 Å². The molecule has 2 aliphatic heterocycles. The summed E-state index contributed by atoms with van der Waals surface area (Å²) in [6.07, 6.45) is 3.40. The van der Waals surface area contributed by atoms with Gasteiger partial charge in [-0.2, -0.15) is 0 Å². The molecule has 2 aliphatic rings. The Morgan fingerprint density at radius 1 is 0.627 bits per heavy atom. The van der Waals surface area contributed by atoms with E-state index in [4.69, 9.17) is 0 Å². The molecule has 0 bridgehead atoms. The van der Waals surface area contributed by atoms with Gasteiger partial charge >= 0.3 is 12.2 Å². The number of H-pyrrole nitrogens is 2. The van der Waals surface area contributed by atoms with Crippen molar-refractivity contribution in [1.82, 2.24) is 40.4 Å². The summed E-state index contributed by atoms with van der Waals surface area (Å²) >= 11 is 0. The highest BCUT2D eigenvalue weighted by atomic mass is 19.1. The molecule has 59 heavy (non-hydrogen) atoms. The van der Waals surface area contributed by atoms with E-state index in [1.165, 1.54) is 6.07 Å². The Morgan fingerprint density at radius 2 is 1.08 bits per heavy atom. The second kappa shape index (κ2) is 16.7. The van der Waals surface area contributed by atoms with Crippen molar-refractivity contribution in [2.75, 3.05) is 13.1 Å². The lowest BCUT2D eigenvalue weighted by Gasteiger charge is -2.28. The van der Waals surface area contributed by atoms with E-state index in [1.54, 1.807) is 88.9 Å². The van der Waals surface area contributed by atoms with E-state index < -0.39 is 36.1 Å². The van der Waals surface area contributed by atoms with Gasteiger partial charge in [-0.3, -0.25) is 9.59 Å². The van der Waals surface area contributed by atoms with Crippen molar-refractivity contribution in [3.63, 3.8) is 0 Å². The molecule has 300 valence electrons. The van der Waals surface area contributed by atoms with Gasteiger partial charge in [-0.1, -0.05) is 91.0 Å². The molecule has 2 aromatic heterocycles. The summed E-state index contributed by atoms with van der Waals surface area (Å²) in [6, 6.07) is 27.1. The predicted octanol–water partition coefficient (Wildman–Crippen LogP) is 7.62. The van der Waals surface area contributed by atoms with Crippen LogP contribution in [0, 0.1) is 5.82 Å². The number of nitrogens with one attached hydrogen (secondary N) is 4. The second-order valence-corrected chi connectivity index (χ2v) is 14.6. The van der Waals surface area contributed by atoms with Crippen LogP contribution in [0.2, 0.25) is 0 Å². The van der Waals surface area contributed by atoms with Gasteiger partial charge in [-0.05, 0) is 65.6 Å². The zero-order chi connectivity index (χ0) is 41.0. The maximum Gasteiger partial charge on any atom is 0.405 e. The van der Waals surface area contributed by atoms with E-state index in [1.807, 2.05) is 30.3 Å². The maximum absolute atomic E-state index is 15.8. The second-order valence-electron chi connectivity index (χ2n) is 14.6. The van der Waals surface area contributed by atoms with Crippen LogP contribution in [0.15, 0.2) is 116 Å². The number of halogens is 1. The van der Waals surface area contributed by atoms with Crippen molar-refractivity contribution in [1.29, 1.82) is 0 Å². The number of nitrogens with zero attached hydrogens (tertiary/aromatic N) is 4. The third-order valence-corrected chi connectivity index (χ3v) is 11.0. The van der Waals surface area contributed by atoms with E-state index >= 15 is 4.39 Å². The molecular formula is C44H41FN8O6. The number of carbonyl (C=O) groups is 4. The molecule has 8 rings (SSSR count). The third-order valence-electron chi connectivity index (χ3n) is 11.0. The first-order valence-corrected chi connectivity index (χ1v) is 19.3. The summed E-state index contributed by atoms with van der Waals surface area (Å²) in [6.45, 7) is 0.900. The van der Waals surface area contributed by atoms with E-state index in [-0.39, 0.29) is 17.9 Å². The Bertz CT molecular complexity index is 2470. The first-order chi connectivity index (χ1) is 28.6. The summed E-state index contributed by atoms with van der Waals surface area (Å²) in [4.78, 5) is 69.7. The number of imidazole rings is 2. The fourth-order valence-electron chi connectivity index (χ4n) is 8.13. The number of amides is 4. The minimum absolute atomic E-state index is 0.313. The number of likely N-dealkylation sites (tertiary alicyclic amines) is 2. The molecule has 4 atom stereocenters. The fourth-order valence-corrected chi connectivity index (χ4v) is 8.13. The van der Waals surface area contributed by atoms with Crippen molar-refractivity contribution in [2.24, 2.45) is 0 Å². The van der Waals surface area contributed by atoms with Crippen LogP contribution in [0.1, 0.15) is 72.6 Å². The maximum atomic E-state index is 15.8. The number of carbonyl (C=O) groups excluding carboxylic acids is 2. The zero-order valence-electron chi connectivity index (χ0n) is 31.7. The van der Waals surface area contributed by atoms with Crippen LogP contribution >= 0.6 is 0 Å². The largest absolute Gasteiger partial charge is 0.465 e. The molecule has 0 radical (unpaired) electrons. The Balaban J connectivity index is 0.948. The Hall–Kier alpha value is -7.29. The summed E-state index contributed by atoms with van der Waals surface area (Å²) in [5, 5.41) is 23.7. The number of benzene rings is 4. The van der Waals surface area contributed by atoms with Crippen molar-refractivity contribution >= 4 is 24.0 Å². The lowest BCUT2D eigenvalue weighted by molar-refractivity contribution is -0.135.